The molecule has 2 amide bonds. The molecule has 0 fully saturated rings. The highest BCUT2D eigenvalue weighted by atomic mass is 35.5. The number of para-hydroxylation sites is 1. The van der Waals surface area contributed by atoms with Crippen LogP contribution in [0.15, 0.2) is 18.2 Å². The Morgan fingerprint density at radius 2 is 2.15 bits per heavy atom. The minimum absolute atomic E-state index is 0.104. The molecule has 0 aliphatic heterocycles. The Labute approximate surface area is 124 Å². The third kappa shape index (κ3) is 5.27. The molecule has 0 saturated carbocycles. The first-order valence-corrected chi connectivity index (χ1v) is 6.94. The van der Waals surface area contributed by atoms with Gasteiger partial charge in [-0.25, -0.2) is 4.79 Å². The largest absolute Gasteiger partial charge is 0.487 e. The molecule has 1 aromatic rings. The van der Waals surface area contributed by atoms with Crippen LogP contribution in [0.25, 0.3) is 0 Å². The molecule has 0 heterocycles. The molecule has 0 spiro atoms. The molecule has 0 saturated heterocycles. The van der Waals surface area contributed by atoms with Gasteiger partial charge in [-0.3, -0.25) is 0 Å². The van der Waals surface area contributed by atoms with E-state index >= 15 is 0 Å². The van der Waals surface area contributed by atoms with Crippen LogP contribution in [0.1, 0.15) is 20.3 Å². The highest BCUT2D eigenvalue weighted by Gasteiger charge is 2.12. The van der Waals surface area contributed by atoms with Crippen LogP contribution >= 0.6 is 11.6 Å². The van der Waals surface area contributed by atoms with Crippen molar-refractivity contribution in [2.24, 2.45) is 0 Å². The molecule has 112 valence electrons. The zero-order valence-corrected chi connectivity index (χ0v) is 12.8. The number of hydrogen-bond acceptors (Lipinski definition) is 3. The number of anilines is 1. The summed E-state index contributed by atoms with van der Waals surface area (Å²) in [5, 5.41) is 6.01. The van der Waals surface area contributed by atoms with Crippen molar-refractivity contribution in [3.63, 3.8) is 0 Å². The molecule has 0 aliphatic rings. The van der Waals surface area contributed by atoms with E-state index in [0.717, 1.165) is 6.42 Å². The molecule has 0 aliphatic carbocycles. The van der Waals surface area contributed by atoms with Gasteiger partial charge in [0.05, 0.1) is 17.3 Å². The first-order chi connectivity index (χ1) is 9.58. The van der Waals surface area contributed by atoms with Crippen LogP contribution in [0, 0.1) is 0 Å². The second-order valence-corrected chi connectivity index (χ2v) is 4.77. The highest BCUT2D eigenvalue weighted by Crippen LogP contribution is 2.32. The number of amides is 2. The molecule has 0 aromatic heterocycles. The van der Waals surface area contributed by atoms with E-state index in [1.807, 2.05) is 13.8 Å². The first kappa shape index (κ1) is 16.6. The first-order valence-electron chi connectivity index (χ1n) is 6.56. The summed E-state index contributed by atoms with van der Waals surface area (Å²) in [5.74, 6) is 0.450. The van der Waals surface area contributed by atoms with Gasteiger partial charge in [0.15, 0.2) is 5.75 Å². The van der Waals surface area contributed by atoms with Crippen molar-refractivity contribution in [1.82, 2.24) is 5.32 Å². The van der Waals surface area contributed by atoms with Crippen molar-refractivity contribution in [2.45, 2.75) is 26.3 Å². The minimum atomic E-state index is -0.279. The fourth-order valence-corrected chi connectivity index (χ4v) is 1.69. The van der Waals surface area contributed by atoms with Crippen LogP contribution in [0.3, 0.4) is 0 Å². The van der Waals surface area contributed by atoms with Crippen molar-refractivity contribution < 1.29 is 14.3 Å². The Kier molecular flexibility index (Phi) is 7.18. The standard InChI is InChI=1S/C14H21ClN2O3/c1-4-10(2)16-14(18)17-12-7-5-6-11(15)13(12)20-9-8-19-3/h5-7,10H,4,8-9H2,1-3H3,(H2,16,17,18). The normalized spacial score (nSPS) is 11.8. The Balaban J connectivity index is 2.73. The number of nitrogens with one attached hydrogen (secondary N) is 2. The maximum atomic E-state index is 11.8. The number of urea groups is 1. The summed E-state index contributed by atoms with van der Waals surface area (Å²) in [5.41, 5.74) is 0.536. The maximum absolute atomic E-state index is 11.8. The zero-order valence-electron chi connectivity index (χ0n) is 12.0. The summed E-state index contributed by atoms with van der Waals surface area (Å²) in [6, 6.07) is 5.03. The number of methoxy groups -OCH3 is 1. The third-order valence-corrected chi connectivity index (χ3v) is 3.04. The van der Waals surface area contributed by atoms with Crippen molar-refractivity contribution >= 4 is 23.3 Å². The third-order valence-electron chi connectivity index (χ3n) is 2.74. The molecular formula is C14H21ClN2O3. The molecule has 1 atom stereocenters. The predicted molar refractivity (Wildman–Crippen MR) is 80.7 cm³/mol. The second-order valence-electron chi connectivity index (χ2n) is 4.37. The molecule has 0 bridgehead atoms. The van der Waals surface area contributed by atoms with Gasteiger partial charge in [-0.05, 0) is 25.5 Å². The summed E-state index contributed by atoms with van der Waals surface area (Å²) >= 11 is 6.09. The van der Waals surface area contributed by atoms with Gasteiger partial charge in [0, 0.05) is 13.2 Å². The van der Waals surface area contributed by atoms with Crippen LogP contribution in [-0.2, 0) is 4.74 Å². The van der Waals surface area contributed by atoms with Crippen molar-refractivity contribution in [3.8, 4) is 5.75 Å². The van der Waals surface area contributed by atoms with Gasteiger partial charge < -0.3 is 20.1 Å². The molecule has 0 radical (unpaired) electrons. The molecule has 1 unspecified atom stereocenters. The Morgan fingerprint density at radius 3 is 2.80 bits per heavy atom. The number of ether oxygens (including phenoxy) is 2. The summed E-state index contributed by atoms with van der Waals surface area (Å²) in [7, 11) is 1.59. The molecule has 5 nitrogen and oxygen atoms in total. The second kappa shape index (κ2) is 8.66. The highest BCUT2D eigenvalue weighted by molar-refractivity contribution is 6.32. The van der Waals surface area contributed by atoms with E-state index in [-0.39, 0.29) is 12.1 Å². The average molecular weight is 301 g/mol. The maximum Gasteiger partial charge on any atom is 0.319 e. The molecule has 20 heavy (non-hydrogen) atoms. The summed E-state index contributed by atoms with van der Waals surface area (Å²) in [4.78, 5) is 11.8. The lowest BCUT2D eigenvalue weighted by Crippen LogP contribution is -2.35. The summed E-state index contributed by atoms with van der Waals surface area (Å²) < 4.78 is 10.5. The SMILES string of the molecule is CCC(C)NC(=O)Nc1cccc(Cl)c1OCCOC. The topological polar surface area (TPSA) is 59.6 Å². The quantitative estimate of drug-likeness (QED) is 0.760. The van der Waals surface area contributed by atoms with Gasteiger partial charge in [-0.1, -0.05) is 24.6 Å². The van der Waals surface area contributed by atoms with E-state index in [4.69, 9.17) is 21.1 Å². The Morgan fingerprint density at radius 1 is 1.40 bits per heavy atom. The van der Waals surface area contributed by atoms with Gasteiger partial charge in [-0.2, -0.15) is 0 Å². The Bertz CT molecular complexity index is 440. The van der Waals surface area contributed by atoms with E-state index in [1.165, 1.54) is 0 Å². The number of hydrogen-bond donors (Lipinski definition) is 2. The summed E-state index contributed by atoms with van der Waals surface area (Å²) in [6.45, 7) is 4.75. The zero-order chi connectivity index (χ0) is 15.0. The van der Waals surface area contributed by atoms with Crippen molar-refractivity contribution in [1.29, 1.82) is 0 Å². The molecule has 2 N–H and O–H groups in total. The van der Waals surface area contributed by atoms with E-state index in [0.29, 0.717) is 29.7 Å². The van der Waals surface area contributed by atoms with Crippen molar-refractivity contribution in [3.05, 3.63) is 23.2 Å². The van der Waals surface area contributed by atoms with Crippen LogP contribution in [-0.4, -0.2) is 32.4 Å². The smallest absolute Gasteiger partial charge is 0.319 e. The van der Waals surface area contributed by atoms with Crippen LogP contribution < -0.4 is 15.4 Å². The van der Waals surface area contributed by atoms with Crippen molar-refractivity contribution in [2.75, 3.05) is 25.6 Å². The minimum Gasteiger partial charge on any atom is -0.487 e. The van der Waals surface area contributed by atoms with Gasteiger partial charge in [0.2, 0.25) is 0 Å². The van der Waals surface area contributed by atoms with Gasteiger partial charge in [-0.15, -0.1) is 0 Å². The summed E-state index contributed by atoms with van der Waals surface area (Å²) in [6.07, 6.45) is 0.861. The fourth-order valence-electron chi connectivity index (χ4n) is 1.47. The van der Waals surface area contributed by atoms with E-state index in [2.05, 4.69) is 10.6 Å². The molecule has 1 aromatic carbocycles. The fraction of sp³-hybridized carbons (Fsp3) is 0.500. The predicted octanol–water partition coefficient (Wildman–Crippen LogP) is 3.29. The number of carbonyl (C=O) groups is 1. The number of halogens is 1. The number of carbonyl (C=O) groups excluding carboxylic acids is 1. The number of benzene rings is 1. The number of rotatable bonds is 7. The van der Waals surface area contributed by atoms with Gasteiger partial charge in [0.1, 0.15) is 6.61 Å². The monoisotopic (exact) mass is 300 g/mol. The van der Waals surface area contributed by atoms with E-state index < -0.39 is 0 Å². The lowest BCUT2D eigenvalue weighted by molar-refractivity contribution is 0.146. The van der Waals surface area contributed by atoms with E-state index in [9.17, 15) is 4.79 Å². The Hall–Kier alpha value is -1.46. The van der Waals surface area contributed by atoms with Crippen LogP contribution in [0.2, 0.25) is 5.02 Å². The van der Waals surface area contributed by atoms with E-state index in [1.54, 1.807) is 25.3 Å². The van der Waals surface area contributed by atoms with Crippen LogP contribution in [0.4, 0.5) is 10.5 Å². The molecular weight excluding hydrogens is 280 g/mol. The molecule has 1 rings (SSSR count). The van der Waals surface area contributed by atoms with Gasteiger partial charge in [0.25, 0.3) is 0 Å². The average Bonchev–Trinajstić information content (AvgIpc) is 2.41. The lowest BCUT2D eigenvalue weighted by atomic mass is 10.2. The van der Waals surface area contributed by atoms with Crippen LogP contribution in [0.5, 0.6) is 5.75 Å². The molecule has 6 heteroatoms. The lowest BCUT2D eigenvalue weighted by Gasteiger charge is -2.16. The van der Waals surface area contributed by atoms with Gasteiger partial charge >= 0.3 is 6.03 Å².